The molecule has 2 amide bonds. The summed E-state index contributed by atoms with van der Waals surface area (Å²) in [6.07, 6.45) is 0. The molecule has 6 nitrogen and oxygen atoms in total. The second-order valence-corrected chi connectivity index (χ2v) is 6.45. The second-order valence-electron chi connectivity index (χ2n) is 6.45. The van der Waals surface area contributed by atoms with E-state index in [1.165, 1.54) is 0 Å². The zero-order chi connectivity index (χ0) is 19.8. The average Bonchev–Trinajstić information content (AvgIpc) is 2.70. The van der Waals surface area contributed by atoms with E-state index in [-0.39, 0.29) is 17.7 Å². The van der Waals surface area contributed by atoms with Crippen molar-refractivity contribution in [1.29, 1.82) is 0 Å². The van der Waals surface area contributed by atoms with Gasteiger partial charge in [-0.05, 0) is 36.2 Å². The molecule has 2 aromatic rings. The normalized spacial score (nSPS) is 11.6. The summed E-state index contributed by atoms with van der Waals surface area (Å²) in [5.74, 6) is 0.772. The molecule has 0 aromatic heterocycles. The number of ether oxygens (including phenoxy) is 2. The number of benzene rings is 2. The maximum Gasteiger partial charge on any atom is 0.251 e. The minimum absolute atomic E-state index is 0.0649. The first-order valence-electron chi connectivity index (χ1n) is 8.80. The molecule has 0 aliphatic heterocycles. The van der Waals surface area contributed by atoms with Crippen LogP contribution >= 0.6 is 0 Å². The van der Waals surface area contributed by atoms with Crippen molar-refractivity contribution in [1.82, 2.24) is 10.6 Å². The van der Waals surface area contributed by atoms with Gasteiger partial charge in [0.05, 0.1) is 14.2 Å². The predicted octanol–water partition coefficient (Wildman–Crippen LogP) is 2.77. The first kappa shape index (κ1) is 20.3. The Morgan fingerprint density at radius 3 is 2.22 bits per heavy atom. The fourth-order valence-electron chi connectivity index (χ4n) is 2.64. The highest BCUT2D eigenvalue weighted by Gasteiger charge is 2.24. The number of methoxy groups -OCH3 is 2. The van der Waals surface area contributed by atoms with Crippen LogP contribution in [0.15, 0.2) is 48.5 Å². The van der Waals surface area contributed by atoms with Gasteiger partial charge in [0.25, 0.3) is 5.91 Å². The van der Waals surface area contributed by atoms with Gasteiger partial charge in [-0.2, -0.15) is 0 Å². The SMILES string of the molecule is COc1ccc(C(=O)N[C@H](C(=O)NCc2ccccc2OC)C(C)C)cc1. The fraction of sp³-hybridized carbons (Fsp3) is 0.333. The highest BCUT2D eigenvalue weighted by molar-refractivity contribution is 5.97. The van der Waals surface area contributed by atoms with Crippen LogP contribution < -0.4 is 20.1 Å². The van der Waals surface area contributed by atoms with Crippen LogP contribution in [0.5, 0.6) is 11.5 Å². The van der Waals surface area contributed by atoms with E-state index in [4.69, 9.17) is 9.47 Å². The third kappa shape index (κ3) is 5.48. The molecule has 0 saturated heterocycles. The van der Waals surface area contributed by atoms with Gasteiger partial charge in [-0.15, -0.1) is 0 Å². The molecule has 0 unspecified atom stereocenters. The van der Waals surface area contributed by atoms with E-state index in [9.17, 15) is 9.59 Å². The summed E-state index contributed by atoms with van der Waals surface area (Å²) in [4.78, 5) is 25.1. The summed E-state index contributed by atoms with van der Waals surface area (Å²) < 4.78 is 10.4. The quantitative estimate of drug-likeness (QED) is 0.749. The fourth-order valence-corrected chi connectivity index (χ4v) is 2.64. The number of rotatable bonds is 8. The average molecular weight is 370 g/mol. The standard InChI is InChI=1S/C21H26N2O4/c1-14(2)19(23-20(24)15-9-11-17(26-3)12-10-15)21(25)22-13-16-7-5-6-8-18(16)27-4/h5-12,14,19H,13H2,1-4H3,(H,22,25)(H,23,24)/t19-/m0/s1. The molecule has 0 spiro atoms. The third-order valence-corrected chi connectivity index (χ3v) is 4.23. The van der Waals surface area contributed by atoms with Gasteiger partial charge in [0.2, 0.25) is 5.91 Å². The zero-order valence-corrected chi connectivity index (χ0v) is 16.1. The molecule has 6 heteroatoms. The lowest BCUT2D eigenvalue weighted by molar-refractivity contribution is -0.124. The van der Waals surface area contributed by atoms with Crippen LogP contribution in [0, 0.1) is 5.92 Å². The van der Waals surface area contributed by atoms with Crippen molar-refractivity contribution in [3.8, 4) is 11.5 Å². The summed E-state index contributed by atoms with van der Waals surface area (Å²) in [6, 6.07) is 13.6. The van der Waals surface area contributed by atoms with Gasteiger partial charge < -0.3 is 20.1 Å². The molecule has 2 N–H and O–H groups in total. The topological polar surface area (TPSA) is 76.7 Å². The molecule has 0 aliphatic carbocycles. The minimum atomic E-state index is -0.644. The monoisotopic (exact) mass is 370 g/mol. The van der Waals surface area contributed by atoms with Crippen molar-refractivity contribution in [2.75, 3.05) is 14.2 Å². The van der Waals surface area contributed by atoms with Gasteiger partial charge in [-0.1, -0.05) is 32.0 Å². The van der Waals surface area contributed by atoms with Gasteiger partial charge in [-0.3, -0.25) is 9.59 Å². The smallest absolute Gasteiger partial charge is 0.251 e. The molecule has 0 saturated carbocycles. The van der Waals surface area contributed by atoms with Gasteiger partial charge >= 0.3 is 0 Å². The van der Waals surface area contributed by atoms with E-state index in [1.807, 2.05) is 38.1 Å². The van der Waals surface area contributed by atoms with Gasteiger partial charge in [-0.25, -0.2) is 0 Å². The third-order valence-electron chi connectivity index (χ3n) is 4.23. The first-order chi connectivity index (χ1) is 13.0. The summed E-state index contributed by atoms with van der Waals surface area (Å²) in [6.45, 7) is 4.10. The molecule has 0 radical (unpaired) electrons. The maximum atomic E-state index is 12.6. The Morgan fingerprint density at radius 2 is 1.63 bits per heavy atom. The molecule has 0 heterocycles. The van der Waals surface area contributed by atoms with Gasteiger partial charge in [0, 0.05) is 17.7 Å². The molecular weight excluding hydrogens is 344 g/mol. The molecule has 1 atom stereocenters. The molecule has 0 fully saturated rings. The number of para-hydroxylation sites is 1. The molecule has 27 heavy (non-hydrogen) atoms. The Balaban J connectivity index is 2.02. The van der Waals surface area contributed by atoms with E-state index in [2.05, 4.69) is 10.6 Å². The number of carbonyl (C=O) groups excluding carboxylic acids is 2. The highest BCUT2D eigenvalue weighted by Crippen LogP contribution is 2.17. The largest absolute Gasteiger partial charge is 0.497 e. The minimum Gasteiger partial charge on any atom is -0.497 e. The van der Waals surface area contributed by atoms with Crippen molar-refractivity contribution in [2.24, 2.45) is 5.92 Å². The second kappa shape index (κ2) is 9.62. The Hall–Kier alpha value is -3.02. The lowest BCUT2D eigenvalue weighted by Gasteiger charge is -2.22. The number of hydrogen-bond donors (Lipinski definition) is 2. The van der Waals surface area contributed by atoms with E-state index >= 15 is 0 Å². The van der Waals surface area contributed by atoms with Crippen LogP contribution in [0.2, 0.25) is 0 Å². The van der Waals surface area contributed by atoms with Crippen LogP contribution in [0.1, 0.15) is 29.8 Å². The molecular formula is C21H26N2O4. The molecule has 144 valence electrons. The van der Waals surface area contributed by atoms with Crippen molar-refractivity contribution in [3.05, 3.63) is 59.7 Å². The van der Waals surface area contributed by atoms with Crippen molar-refractivity contribution in [3.63, 3.8) is 0 Å². The Labute approximate surface area is 159 Å². The lowest BCUT2D eigenvalue weighted by atomic mass is 10.0. The maximum absolute atomic E-state index is 12.6. The highest BCUT2D eigenvalue weighted by atomic mass is 16.5. The first-order valence-corrected chi connectivity index (χ1v) is 8.80. The summed E-state index contributed by atoms with van der Waals surface area (Å²) in [5.41, 5.74) is 1.34. The number of amides is 2. The number of nitrogens with one attached hydrogen (secondary N) is 2. The van der Waals surface area contributed by atoms with E-state index in [0.29, 0.717) is 23.6 Å². The van der Waals surface area contributed by atoms with Crippen molar-refractivity contribution in [2.45, 2.75) is 26.4 Å². The summed E-state index contributed by atoms with van der Waals surface area (Å²) in [7, 11) is 3.16. The van der Waals surface area contributed by atoms with Crippen molar-refractivity contribution < 1.29 is 19.1 Å². The molecule has 2 aromatic carbocycles. The van der Waals surface area contributed by atoms with Crippen LogP contribution in [-0.4, -0.2) is 32.1 Å². The summed E-state index contributed by atoms with van der Waals surface area (Å²) >= 11 is 0. The van der Waals surface area contributed by atoms with Crippen LogP contribution in [0.3, 0.4) is 0 Å². The molecule has 0 bridgehead atoms. The Kier molecular flexibility index (Phi) is 7.23. The number of hydrogen-bond acceptors (Lipinski definition) is 4. The van der Waals surface area contributed by atoms with E-state index in [1.54, 1.807) is 38.5 Å². The van der Waals surface area contributed by atoms with Gasteiger partial charge in [0.1, 0.15) is 17.5 Å². The molecule has 0 aliphatic rings. The van der Waals surface area contributed by atoms with Crippen LogP contribution in [0.4, 0.5) is 0 Å². The van der Waals surface area contributed by atoms with E-state index in [0.717, 1.165) is 5.56 Å². The Morgan fingerprint density at radius 1 is 0.963 bits per heavy atom. The molecule has 2 rings (SSSR count). The van der Waals surface area contributed by atoms with Crippen molar-refractivity contribution >= 4 is 11.8 Å². The zero-order valence-electron chi connectivity index (χ0n) is 16.1. The van der Waals surface area contributed by atoms with Crippen LogP contribution in [-0.2, 0) is 11.3 Å². The van der Waals surface area contributed by atoms with Gasteiger partial charge in [0.15, 0.2) is 0 Å². The lowest BCUT2D eigenvalue weighted by Crippen LogP contribution is -2.49. The van der Waals surface area contributed by atoms with Crippen LogP contribution in [0.25, 0.3) is 0 Å². The summed E-state index contributed by atoms with van der Waals surface area (Å²) in [5, 5.41) is 5.69. The Bertz CT molecular complexity index is 772. The number of carbonyl (C=O) groups is 2. The predicted molar refractivity (Wildman–Crippen MR) is 104 cm³/mol. The van der Waals surface area contributed by atoms with E-state index < -0.39 is 6.04 Å².